The molecule has 6 nitrogen and oxygen atoms in total. The number of carbonyl (C=O) groups excluding carboxylic acids is 3. The normalized spacial score (nSPS) is 30.1. The number of carbonyl (C=O) groups is 3. The van der Waals surface area contributed by atoms with Crippen molar-refractivity contribution in [1.82, 2.24) is 10.4 Å². The molecule has 0 aromatic heterocycles. The number of hydrogen-bond donors (Lipinski definition) is 1. The standard InChI is InChI=1S/C18H18N2O4/c21-14(19-24-10-11-4-2-1-3-5-11)9-20-17(22)15-12-6-7-13(8-12)16(15)18(20)23/h1-7,12-13,15-16H,8-10H2,(H,19,21). The lowest BCUT2D eigenvalue weighted by atomic mass is 9.85. The van der Waals surface area contributed by atoms with Gasteiger partial charge in [0.05, 0.1) is 18.4 Å². The van der Waals surface area contributed by atoms with Gasteiger partial charge in [-0.1, -0.05) is 42.5 Å². The van der Waals surface area contributed by atoms with Crippen LogP contribution in [0.1, 0.15) is 12.0 Å². The van der Waals surface area contributed by atoms with Gasteiger partial charge in [-0.05, 0) is 23.8 Å². The van der Waals surface area contributed by atoms with E-state index in [9.17, 15) is 14.4 Å². The quantitative estimate of drug-likeness (QED) is 0.498. The van der Waals surface area contributed by atoms with Crippen LogP contribution < -0.4 is 5.48 Å². The molecule has 1 heterocycles. The minimum absolute atomic E-state index is 0.152. The summed E-state index contributed by atoms with van der Waals surface area (Å²) in [6.45, 7) is -0.0489. The molecule has 2 fully saturated rings. The van der Waals surface area contributed by atoms with E-state index in [1.165, 1.54) is 0 Å². The number of nitrogens with zero attached hydrogens (tertiary/aromatic N) is 1. The van der Waals surface area contributed by atoms with Crippen LogP contribution in [-0.2, 0) is 25.8 Å². The van der Waals surface area contributed by atoms with Gasteiger partial charge < -0.3 is 0 Å². The second-order valence-corrected chi connectivity index (χ2v) is 6.56. The highest BCUT2D eigenvalue weighted by Crippen LogP contribution is 2.52. The number of fused-ring (bicyclic) bond motifs is 5. The highest BCUT2D eigenvalue weighted by molar-refractivity contribution is 6.08. The fourth-order valence-corrected chi connectivity index (χ4v) is 4.07. The van der Waals surface area contributed by atoms with Crippen molar-refractivity contribution in [3.05, 3.63) is 48.0 Å². The number of imide groups is 1. The Morgan fingerprint density at radius 3 is 2.33 bits per heavy atom. The molecule has 1 aliphatic heterocycles. The van der Waals surface area contributed by atoms with Crippen molar-refractivity contribution in [3.63, 3.8) is 0 Å². The molecule has 2 aliphatic carbocycles. The molecule has 24 heavy (non-hydrogen) atoms. The van der Waals surface area contributed by atoms with Crippen LogP contribution in [0.15, 0.2) is 42.5 Å². The van der Waals surface area contributed by atoms with Crippen LogP contribution in [0, 0.1) is 23.7 Å². The van der Waals surface area contributed by atoms with Crippen molar-refractivity contribution in [2.45, 2.75) is 13.0 Å². The Morgan fingerprint density at radius 1 is 1.08 bits per heavy atom. The van der Waals surface area contributed by atoms with Crippen molar-refractivity contribution >= 4 is 17.7 Å². The minimum atomic E-state index is -0.493. The van der Waals surface area contributed by atoms with Gasteiger partial charge in [-0.25, -0.2) is 5.48 Å². The van der Waals surface area contributed by atoms with Gasteiger partial charge in [0.15, 0.2) is 0 Å². The number of likely N-dealkylation sites (tertiary alicyclic amines) is 1. The SMILES string of the molecule is O=C(CN1C(=O)C2C3C=CC(C3)C2C1=O)NOCc1ccccc1. The van der Waals surface area contributed by atoms with Crippen molar-refractivity contribution in [2.24, 2.45) is 23.7 Å². The summed E-state index contributed by atoms with van der Waals surface area (Å²) in [4.78, 5) is 43.2. The highest BCUT2D eigenvalue weighted by Gasteiger charge is 2.59. The average molecular weight is 326 g/mol. The fourth-order valence-electron chi connectivity index (χ4n) is 4.07. The third-order valence-corrected chi connectivity index (χ3v) is 5.13. The van der Waals surface area contributed by atoms with Crippen LogP contribution in [0.5, 0.6) is 0 Å². The Bertz CT molecular complexity index is 685. The van der Waals surface area contributed by atoms with E-state index in [0.717, 1.165) is 16.9 Å². The van der Waals surface area contributed by atoms with Gasteiger partial charge in [-0.15, -0.1) is 0 Å². The van der Waals surface area contributed by atoms with Crippen LogP contribution in [0.2, 0.25) is 0 Å². The Labute approximate surface area is 139 Å². The zero-order valence-electron chi connectivity index (χ0n) is 13.1. The molecule has 1 saturated carbocycles. The lowest BCUT2D eigenvalue weighted by molar-refractivity contribution is -0.148. The van der Waals surface area contributed by atoms with E-state index >= 15 is 0 Å². The molecular weight excluding hydrogens is 308 g/mol. The number of hydroxylamine groups is 1. The first-order valence-corrected chi connectivity index (χ1v) is 8.13. The second-order valence-electron chi connectivity index (χ2n) is 6.56. The Morgan fingerprint density at radius 2 is 1.71 bits per heavy atom. The molecule has 0 radical (unpaired) electrons. The molecule has 0 spiro atoms. The van der Waals surface area contributed by atoms with Crippen LogP contribution in [0.25, 0.3) is 0 Å². The van der Waals surface area contributed by atoms with Gasteiger partial charge in [0, 0.05) is 0 Å². The number of hydrogen-bond acceptors (Lipinski definition) is 4. The van der Waals surface area contributed by atoms with E-state index in [2.05, 4.69) is 5.48 Å². The lowest BCUT2D eigenvalue weighted by Gasteiger charge is -2.16. The number of amides is 3. The summed E-state index contributed by atoms with van der Waals surface area (Å²) in [6, 6.07) is 9.41. The van der Waals surface area contributed by atoms with Gasteiger partial charge in [0.2, 0.25) is 11.8 Å². The number of allylic oxidation sites excluding steroid dienone is 2. The first kappa shape index (κ1) is 15.1. The summed E-state index contributed by atoms with van der Waals surface area (Å²) < 4.78 is 0. The van der Waals surface area contributed by atoms with Crippen LogP contribution >= 0.6 is 0 Å². The Hall–Kier alpha value is -2.47. The van der Waals surface area contributed by atoms with Crippen molar-refractivity contribution in [3.8, 4) is 0 Å². The molecule has 1 saturated heterocycles. The molecule has 4 atom stereocenters. The summed E-state index contributed by atoms with van der Waals surface area (Å²) in [5.41, 5.74) is 3.22. The number of benzene rings is 1. The molecule has 1 N–H and O–H groups in total. The summed E-state index contributed by atoms with van der Waals surface area (Å²) in [6.07, 6.45) is 4.94. The van der Waals surface area contributed by atoms with Gasteiger partial charge in [0.25, 0.3) is 5.91 Å². The van der Waals surface area contributed by atoms with Crippen LogP contribution in [-0.4, -0.2) is 29.2 Å². The summed E-state index contributed by atoms with van der Waals surface area (Å²) in [5.74, 6) is -1.18. The Balaban J connectivity index is 1.32. The second kappa shape index (κ2) is 5.87. The molecule has 2 bridgehead atoms. The Kier molecular flexibility index (Phi) is 3.69. The van der Waals surface area contributed by atoms with Gasteiger partial charge in [-0.2, -0.15) is 0 Å². The molecule has 1 aromatic rings. The molecule has 4 unspecified atom stereocenters. The lowest BCUT2D eigenvalue weighted by Crippen LogP contribution is -2.41. The summed E-state index contributed by atoms with van der Waals surface area (Å²) >= 11 is 0. The maximum Gasteiger partial charge on any atom is 0.263 e. The molecule has 3 amide bonds. The zero-order chi connectivity index (χ0) is 16.7. The smallest absolute Gasteiger partial charge is 0.263 e. The molecule has 124 valence electrons. The molecule has 4 rings (SSSR count). The van der Waals surface area contributed by atoms with Crippen LogP contribution in [0.3, 0.4) is 0 Å². The fraction of sp³-hybridized carbons (Fsp3) is 0.389. The first-order valence-electron chi connectivity index (χ1n) is 8.13. The molecule has 3 aliphatic rings. The minimum Gasteiger partial charge on any atom is -0.274 e. The number of nitrogens with one attached hydrogen (secondary N) is 1. The third-order valence-electron chi connectivity index (χ3n) is 5.13. The van der Waals surface area contributed by atoms with E-state index < -0.39 is 5.91 Å². The van der Waals surface area contributed by atoms with Crippen LogP contribution in [0.4, 0.5) is 0 Å². The molecule has 6 heteroatoms. The van der Waals surface area contributed by atoms with Crippen molar-refractivity contribution in [1.29, 1.82) is 0 Å². The predicted molar refractivity (Wildman–Crippen MR) is 83.8 cm³/mol. The topological polar surface area (TPSA) is 75.7 Å². The van der Waals surface area contributed by atoms with Gasteiger partial charge in [0.1, 0.15) is 6.54 Å². The van der Waals surface area contributed by atoms with Crippen molar-refractivity contribution in [2.75, 3.05) is 6.54 Å². The zero-order valence-corrected chi connectivity index (χ0v) is 13.1. The van der Waals surface area contributed by atoms with E-state index in [1.54, 1.807) is 0 Å². The monoisotopic (exact) mass is 326 g/mol. The molecule has 1 aromatic carbocycles. The third kappa shape index (κ3) is 2.43. The van der Waals surface area contributed by atoms with Crippen molar-refractivity contribution < 1.29 is 19.2 Å². The summed E-state index contributed by atoms with van der Waals surface area (Å²) in [5, 5.41) is 0. The first-order chi connectivity index (χ1) is 11.6. The maximum atomic E-state index is 12.5. The van der Waals surface area contributed by atoms with E-state index in [-0.39, 0.29) is 48.6 Å². The van der Waals surface area contributed by atoms with Gasteiger partial charge >= 0.3 is 0 Å². The van der Waals surface area contributed by atoms with E-state index in [4.69, 9.17) is 4.84 Å². The summed E-state index contributed by atoms with van der Waals surface area (Å²) in [7, 11) is 0. The largest absolute Gasteiger partial charge is 0.274 e. The van der Waals surface area contributed by atoms with Gasteiger partial charge in [-0.3, -0.25) is 24.1 Å². The van der Waals surface area contributed by atoms with E-state index in [0.29, 0.717) is 0 Å². The maximum absolute atomic E-state index is 12.5. The average Bonchev–Trinajstić information content (AvgIpc) is 3.26. The van der Waals surface area contributed by atoms with E-state index in [1.807, 2.05) is 42.5 Å². The predicted octanol–water partition coefficient (Wildman–Crippen LogP) is 1.04. The molecular formula is C18H18N2O4. The highest BCUT2D eigenvalue weighted by atomic mass is 16.6. The number of rotatable bonds is 5.